The maximum absolute atomic E-state index is 14.0. The fourth-order valence-corrected chi connectivity index (χ4v) is 2.74. The number of aryl methyl sites for hydroxylation is 1. The Morgan fingerprint density at radius 1 is 1.08 bits per heavy atom. The van der Waals surface area contributed by atoms with Crippen LogP contribution < -0.4 is 0 Å². The van der Waals surface area contributed by atoms with Crippen molar-refractivity contribution in [2.45, 2.75) is 6.92 Å². The number of nitriles is 2. The van der Waals surface area contributed by atoms with Crippen LogP contribution in [0.5, 0.6) is 0 Å². The highest BCUT2D eigenvalue weighted by Crippen LogP contribution is 2.32. The number of furan rings is 1. The van der Waals surface area contributed by atoms with Gasteiger partial charge in [-0.2, -0.15) is 10.5 Å². The lowest BCUT2D eigenvalue weighted by Gasteiger charge is -2.05. The molecular weight excluding hydrogens is 315 g/mol. The Labute approximate surface area is 144 Å². The summed E-state index contributed by atoms with van der Waals surface area (Å²) in [5.74, 6) is -0.0108. The maximum Gasteiger partial charge on any atom is 0.158 e. The minimum absolute atomic E-state index is 0.149. The number of halogens is 1. The molecule has 0 spiro atoms. The summed E-state index contributed by atoms with van der Waals surface area (Å²) in [7, 11) is 0. The second-order valence-electron chi connectivity index (χ2n) is 5.49. The molecule has 1 aromatic heterocycles. The molecule has 120 valence electrons. The van der Waals surface area contributed by atoms with E-state index in [0.29, 0.717) is 5.56 Å². The number of hydrogen-bond donors (Lipinski definition) is 0. The summed E-state index contributed by atoms with van der Waals surface area (Å²) in [6, 6.07) is 12.0. The van der Waals surface area contributed by atoms with Crippen molar-refractivity contribution in [2.75, 3.05) is 0 Å². The monoisotopic (exact) mass is 328 g/mol. The van der Waals surface area contributed by atoms with Crippen LogP contribution in [0.4, 0.5) is 4.39 Å². The predicted molar refractivity (Wildman–Crippen MR) is 95.0 cm³/mol. The average molecular weight is 328 g/mol. The van der Waals surface area contributed by atoms with Gasteiger partial charge in [0.05, 0.1) is 11.1 Å². The average Bonchev–Trinajstić information content (AvgIpc) is 2.94. The molecule has 0 aliphatic rings. The van der Waals surface area contributed by atoms with Gasteiger partial charge in [0.1, 0.15) is 23.5 Å². The van der Waals surface area contributed by atoms with Gasteiger partial charge in [0, 0.05) is 10.9 Å². The third-order valence-electron chi connectivity index (χ3n) is 3.96. The van der Waals surface area contributed by atoms with E-state index >= 15 is 0 Å². The normalized spacial score (nSPS) is 10.7. The lowest BCUT2D eigenvalue weighted by molar-refractivity contribution is 0.577. The van der Waals surface area contributed by atoms with Gasteiger partial charge in [-0.1, -0.05) is 30.9 Å². The first-order valence-electron chi connectivity index (χ1n) is 7.55. The van der Waals surface area contributed by atoms with E-state index in [2.05, 4.69) is 6.58 Å². The lowest BCUT2D eigenvalue weighted by atomic mass is 9.98. The van der Waals surface area contributed by atoms with E-state index in [-0.39, 0.29) is 11.1 Å². The van der Waals surface area contributed by atoms with Crippen molar-refractivity contribution in [3.63, 3.8) is 0 Å². The molecule has 25 heavy (non-hydrogen) atoms. The molecule has 4 heteroatoms. The fourth-order valence-electron chi connectivity index (χ4n) is 2.74. The van der Waals surface area contributed by atoms with Gasteiger partial charge in [0.2, 0.25) is 0 Å². The van der Waals surface area contributed by atoms with Gasteiger partial charge < -0.3 is 4.42 Å². The van der Waals surface area contributed by atoms with Crippen LogP contribution in [-0.4, -0.2) is 0 Å². The van der Waals surface area contributed by atoms with Crippen LogP contribution in [0.25, 0.3) is 28.2 Å². The first-order chi connectivity index (χ1) is 12.1. The molecule has 1 heterocycles. The molecule has 0 fully saturated rings. The van der Waals surface area contributed by atoms with E-state index in [4.69, 9.17) is 14.9 Å². The molecule has 0 N–H and O–H groups in total. The van der Waals surface area contributed by atoms with Crippen LogP contribution in [-0.2, 0) is 0 Å². The summed E-state index contributed by atoms with van der Waals surface area (Å²) >= 11 is 0. The van der Waals surface area contributed by atoms with E-state index in [1.54, 1.807) is 18.2 Å². The zero-order chi connectivity index (χ0) is 18.0. The zero-order valence-corrected chi connectivity index (χ0v) is 13.5. The number of allylic oxidation sites excluding steroid dienone is 2. The fraction of sp³-hybridized carbons (Fsp3) is 0.0476. The molecule has 0 radical (unpaired) electrons. The molecule has 3 aromatic rings. The van der Waals surface area contributed by atoms with Crippen molar-refractivity contribution in [1.29, 1.82) is 10.5 Å². The highest BCUT2D eigenvalue weighted by Gasteiger charge is 2.14. The highest BCUT2D eigenvalue weighted by molar-refractivity contribution is 5.92. The maximum atomic E-state index is 14.0. The second-order valence-corrected chi connectivity index (χ2v) is 5.49. The van der Waals surface area contributed by atoms with Gasteiger partial charge >= 0.3 is 0 Å². The Bertz CT molecular complexity index is 1070. The summed E-state index contributed by atoms with van der Waals surface area (Å²) in [5, 5.41) is 19.1. The van der Waals surface area contributed by atoms with Crippen LogP contribution in [0.1, 0.15) is 22.5 Å². The quantitative estimate of drug-likeness (QED) is 0.597. The Morgan fingerprint density at radius 3 is 2.36 bits per heavy atom. The first kappa shape index (κ1) is 16.2. The summed E-state index contributed by atoms with van der Waals surface area (Å²) in [4.78, 5) is 0. The summed E-state index contributed by atoms with van der Waals surface area (Å²) in [6.45, 7) is 5.54. The minimum atomic E-state index is -0.788. The van der Waals surface area contributed by atoms with Crippen molar-refractivity contribution < 1.29 is 8.81 Å². The van der Waals surface area contributed by atoms with E-state index < -0.39 is 5.82 Å². The second kappa shape index (κ2) is 6.47. The van der Waals surface area contributed by atoms with Crippen LogP contribution >= 0.6 is 0 Å². The number of rotatable bonds is 3. The van der Waals surface area contributed by atoms with Gasteiger partial charge in [-0.15, -0.1) is 0 Å². The first-order valence-corrected chi connectivity index (χ1v) is 7.55. The summed E-state index contributed by atoms with van der Waals surface area (Å²) in [5.41, 5.74) is 2.74. The zero-order valence-electron chi connectivity index (χ0n) is 13.5. The van der Waals surface area contributed by atoms with Crippen LogP contribution in [0.3, 0.4) is 0 Å². The summed E-state index contributed by atoms with van der Waals surface area (Å²) in [6.07, 6.45) is 5.41. The molecule has 0 aliphatic heterocycles. The van der Waals surface area contributed by atoms with Crippen LogP contribution in [0.15, 0.2) is 53.5 Å². The van der Waals surface area contributed by atoms with Gasteiger partial charge in [0.25, 0.3) is 0 Å². The molecular formula is C21H13FN2O. The van der Waals surface area contributed by atoms with E-state index in [1.807, 2.05) is 37.3 Å². The SMILES string of the molecule is C=C/C=C\c1c(C)oc2ccc(-c3cc(C#N)c(F)c(C#N)c3)cc12. The van der Waals surface area contributed by atoms with Crippen molar-refractivity contribution in [1.82, 2.24) is 0 Å². The van der Waals surface area contributed by atoms with Crippen molar-refractivity contribution in [3.8, 4) is 23.3 Å². The van der Waals surface area contributed by atoms with E-state index in [1.165, 1.54) is 12.1 Å². The smallest absolute Gasteiger partial charge is 0.158 e. The van der Waals surface area contributed by atoms with Crippen molar-refractivity contribution in [3.05, 3.63) is 77.3 Å². The molecule has 3 rings (SSSR count). The third-order valence-corrected chi connectivity index (χ3v) is 3.96. The van der Waals surface area contributed by atoms with E-state index in [9.17, 15) is 4.39 Å². The minimum Gasteiger partial charge on any atom is -0.461 e. The van der Waals surface area contributed by atoms with Gasteiger partial charge in [-0.25, -0.2) is 4.39 Å². The van der Waals surface area contributed by atoms with Crippen LogP contribution in [0.2, 0.25) is 0 Å². The molecule has 0 amide bonds. The van der Waals surface area contributed by atoms with Crippen LogP contribution in [0, 0.1) is 35.4 Å². The molecule has 0 unspecified atom stereocenters. The number of hydrogen-bond acceptors (Lipinski definition) is 3. The molecule has 0 aliphatic carbocycles. The van der Waals surface area contributed by atoms with E-state index in [0.717, 1.165) is 27.9 Å². The Hall–Kier alpha value is -3.63. The molecule has 0 saturated carbocycles. The number of nitrogens with zero attached hydrogens (tertiary/aromatic N) is 2. The van der Waals surface area contributed by atoms with Gasteiger partial charge in [-0.3, -0.25) is 0 Å². The number of fused-ring (bicyclic) bond motifs is 1. The van der Waals surface area contributed by atoms with Gasteiger partial charge in [0.15, 0.2) is 5.82 Å². The van der Waals surface area contributed by atoms with Crippen molar-refractivity contribution >= 4 is 17.0 Å². The Balaban J connectivity index is 2.24. The standard InChI is InChI=1S/C21H13FN2O/c1-3-4-5-18-13(2)25-20-7-6-14(10-19(18)20)15-8-16(11-23)21(22)17(9-15)12-24/h3-10H,1H2,2H3/b5-4-. The third kappa shape index (κ3) is 2.82. The number of benzene rings is 2. The molecule has 0 bridgehead atoms. The molecule has 0 atom stereocenters. The highest BCUT2D eigenvalue weighted by atomic mass is 19.1. The lowest BCUT2D eigenvalue weighted by Crippen LogP contribution is -1.92. The Morgan fingerprint density at radius 2 is 1.76 bits per heavy atom. The summed E-state index contributed by atoms with van der Waals surface area (Å²) < 4.78 is 19.7. The molecule has 0 saturated heterocycles. The largest absolute Gasteiger partial charge is 0.461 e. The predicted octanol–water partition coefficient (Wildman–Crippen LogP) is 5.49. The van der Waals surface area contributed by atoms with Crippen molar-refractivity contribution in [2.24, 2.45) is 0 Å². The van der Waals surface area contributed by atoms with Gasteiger partial charge in [-0.05, 0) is 42.3 Å². The molecule has 2 aromatic carbocycles. The Kier molecular flexibility index (Phi) is 4.20. The topological polar surface area (TPSA) is 60.7 Å². The molecule has 3 nitrogen and oxygen atoms in total.